The van der Waals surface area contributed by atoms with Crippen molar-refractivity contribution in [3.05, 3.63) is 34.9 Å². The molecule has 1 aromatic carbocycles. The summed E-state index contributed by atoms with van der Waals surface area (Å²) in [5.41, 5.74) is 4.60. The van der Waals surface area contributed by atoms with E-state index < -0.39 is 0 Å². The minimum absolute atomic E-state index is 0.222. The molecule has 0 aliphatic carbocycles. The van der Waals surface area contributed by atoms with Gasteiger partial charge >= 0.3 is 0 Å². The first kappa shape index (κ1) is 15.8. The van der Waals surface area contributed by atoms with Gasteiger partial charge in [-0.2, -0.15) is 0 Å². The van der Waals surface area contributed by atoms with Crippen molar-refractivity contribution in [3.8, 4) is 11.8 Å². The standard InChI is InChI=1S/C19H28/c1-7-9-10-15(3)13-17-14-18(19(4,5)6)12-11-16(17)8-2/h11-12,14-15H,7-8,13H2,1-6H3. The van der Waals surface area contributed by atoms with Gasteiger partial charge in [0.15, 0.2) is 0 Å². The first-order chi connectivity index (χ1) is 8.88. The lowest BCUT2D eigenvalue weighted by Crippen LogP contribution is -2.12. The van der Waals surface area contributed by atoms with Crippen molar-refractivity contribution < 1.29 is 0 Å². The lowest BCUT2D eigenvalue weighted by Gasteiger charge is -2.21. The number of hydrogen-bond donors (Lipinski definition) is 0. The van der Waals surface area contributed by atoms with Gasteiger partial charge < -0.3 is 0 Å². The van der Waals surface area contributed by atoms with Crippen LogP contribution in [0.3, 0.4) is 0 Å². The van der Waals surface area contributed by atoms with Crippen LogP contribution in [0.25, 0.3) is 0 Å². The summed E-state index contributed by atoms with van der Waals surface area (Å²) in [5.74, 6) is 6.99. The highest BCUT2D eigenvalue weighted by Gasteiger charge is 2.15. The third-order valence-electron chi connectivity index (χ3n) is 3.50. The second-order valence-corrected chi connectivity index (χ2v) is 6.37. The van der Waals surface area contributed by atoms with Crippen LogP contribution < -0.4 is 0 Å². The van der Waals surface area contributed by atoms with E-state index in [1.54, 1.807) is 0 Å². The van der Waals surface area contributed by atoms with Crippen LogP contribution in [0, 0.1) is 17.8 Å². The molecule has 0 heterocycles. The molecule has 1 rings (SSSR count). The first-order valence-corrected chi connectivity index (χ1v) is 7.49. The highest BCUT2D eigenvalue weighted by molar-refractivity contribution is 5.36. The maximum Gasteiger partial charge on any atom is 0.0215 e. The molecule has 1 unspecified atom stereocenters. The zero-order valence-electron chi connectivity index (χ0n) is 13.4. The Morgan fingerprint density at radius 3 is 2.32 bits per heavy atom. The van der Waals surface area contributed by atoms with Crippen LogP contribution in [0.2, 0.25) is 0 Å². The van der Waals surface area contributed by atoms with E-state index in [1.165, 1.54) is 16.7 Å². The molecule has 0 amide bonds. The SMILES string of the molecule is CCC#CC(C)Cc1cc(C(C)(C)C)ccc1CC. The predicted octanol–water partition coefficient (Wildman–Crippen LogP) is 5.14. The second-order valence-electron chi connectivity index (χ2n) is 6.37. The Kier molecular flexibility index (Phi) is 5.67. The fourth-order valence-corrected chi connectivity index (χ4v) is 2.28. The molecule has 1 atom stereocenters. The maximum absolute atomic E-state index is 3.34. The summed E-state index contributed by atoms with van der Waals surface area (Å²) in [6.45, 7) is 13.4. The fourth-order valence-electron chi connectivity index (χ4n) is 2.28. The summed E-state index contributed by atoms with van der Waals surface area (Å²) in [5, 5.41) is 0. The second kappa shape index (κ2) is 6.80. The van der Waals surface area contributed by atoms with Gasteiger partial charge in [-0.25, -0.2) is 0 Å². The van der Waals surface area contributed by atoms with E-state index in [0.29, 0.717) is 5.92 Å². The van der Waals surface area contributed by atoms with E-state index in [4.69, 9.17) is 0 Å². The number of rotatable bonds is 3. The van der Waals surface area contributed by atoms with Crippen molar-refractivity contribution in [2.75, 3.05) is 0 Å². The third-order valence-corrected chi connectivity index (χ3v) is 3.50. The zero-order valence-corrected chi connectivity index (χ0v) is 13.4. The highest BCUT2D eigenvalue weighted by Crippen LogP contribution is 2.26. The molecule has 0 aromatic heterocycles. The Balaban J connectivity index is 3.03. The highest BCUT2D eigenvalue weighted by atomic mass is 14.2. The molecule has 0 nitrogen and oxygen atoms in total. The van der Waals surface area contributed by atoms with Crippen LogP contribution in [-0.2, 0) is 18.3 Å². The lowest BCUT2D eigenvalue weighted by molar-refractivity contribution is 0.587. The lowest BCUT2D eigenvalue weighted by atomic mass is 9.83. The minimum Gasteiger partial charge on any atom is -0.103 e. The number of aryl methyl sites for hydroxylation is 1. The monoisotopic (exact) mass is 256 g/mol. The van der Waals surface area contributed by atoms with Crippen molar-refractivity contribution >= 4 is 0 Å². The van der Waals surface area contributed by atoms with Gasteiger partial charge in [-0.1, -0.05) is 65.7 Å². The molecule has 1 aromatic rings. The van der Waals surface area contributed by atoms with E-state index in [1.807, 2.05) is 0 Å². The van der Waals surface area contributed by atoms with Gasteiger partial charge in [0.2, 0.25) is 0 Å². The molecule has 0 saturated carbocycles. The Morgan fingerprint density at radius 1 is 1.11 bits per heavy atom. The van der Waals surface area contributed by atoms with Crippen LogP contribution in [0.4, 0.5) is 0 Å². The van der Waals surface area contributed by atoms with Gasteiger partial charge in [0.05, 0.1) is 0 Å². The molecule has 0 aliphatic rings. The normalized spacial score (nSPS) is 12.7. The van der Waals surface area contributed by atoms with Gasteiger partial charge in [-0.05, 0) is 34.9 Å². The average Bonchev–Trinajstić information content (AvgIpc) is 2.35. The van der Waals surface area contributed by atoms with Gasteiger partial charge in [0.25, 0.3) is 0 Å². The van der Waals surface area contributed by atoms with Crippen LogP contribution in [0.5, 0.6) is 0 Å². The topological polar surface area (TPSA) is 0 Å². The van der Waals surface area contributed by atoms with Crippen LogP contribution in [0.15, 0.2) is 18.2 Å². The Labute approximate surface area is 119 Å². The van der Waals surface area contributed by atoms with E-state index in [9.17, 15) is 0 Å². The molecule has 0 bridgehead atoms. The van der Waals surface area contributed by atoms with Gasteiger partial charge in [-0.15, -0.1) is 5.92 Å². The molecular formula is C19H28. The molecular weight excluding hydrogens is 228 g/mol. The summed E-state index contributed by atoms with van der Waals surface area (Å²) in [6, 6.07) is 6.98. The summed E-state index contributed by atoms with van der Waals surface area (Å²) < 4.78 is 0. The van der Waals surface area contributed by atoms with Gasteiger partial charge in [0, 0.05) is 12.3 Å². The first-order valence-electron chi connectivity index (χ1n) is 7.49. The largest absolute Gasteiger partial charge is 0.103 e. The smallest absolute Gasteiger partial charge is 0.0215 e. The molecule has 0 N–H and O–H groups in total. The number of benzene rings is 1. The maximum atomic E-state index is 3.34. The molecule has 104 valence electrons. The van der Waals surface area contributed by atoms with Crippen LogP contribution in [-0.4, -0.2) is 0 Å². The Morgan fingerprint density at radius 2 is 1.79 bits per heavy atom. The fraction of sp³-hybridized carbons (Fsp3) is 0.579. The zero-order chi connectivity index (χ0) is 14.5. The summed E-state index contributed by atoms with van der Waals surface area (Å²) in [6.07, 6.45) is 3.13. The van der Waals surface area contributed by atoms with E-state index in [-0.39, 0.29) is 5.41 Å². The summed E-state index contributed by atoms with van der Waals surface area (Å²) in [7, 11) is 0. The molecule has 0 saturated heterocycles. The average molecular weight is 256 g/mol. The van der Waals surface area contributed by atoms with E-state index in [2.05, 4.69) is 71.6 Å². The van der Waals surface area contributed by atoms with Gasteiger partial charge in [-0.3, -0.25) is 0 Å². The van der Waals surface area contributed by atoms with Crippen molar-refractivity contribution in [3.63, 3.8) is 0 Å². The van der Waals surface area contributed by atoms with Gasteiger partial charge in [0.1, 0.15) is 0 Å². The minimum atomic E-state index is 0.222. The molecule has 0 radical (unpaired) electrons. The van der Waals surface area contributed by atoms with Crippen LogP contribution >= 0.6 is 0 Å². The van der Waals surface area contributed by atoms with Crippen molar-refractivity contribution in [1.29, 1.82) is 0 Å². The quantitative estimate of drug-likeness (QED) is 0.657. The predicted molar refractivity (Wildman–Crippen MR) is 85.5 cm³/mol. The summed E-state index contributed by atoms with van der Waals surface area (Å²) >= 11 is 0. The Bertz CT molecular complexity index is 463. The molecule has 0 aliphatic heterocycles. The molecule has 0 fully saturated rings. The number of hydrogen-bond acceptors (Lipinski definition) is 0. The van der Waals surface area contributed by atoms with Crippen molar-refractivity contribution in [2.45, 2.75) is 66.2 Å². The molecule has 0 heteroatoms. The van der Waals surface area contributed by atoms with E-state index in [0.717, 1.165) is 19.3 Å². The van der Waals surface area contributed by atoms with Crippen molar-refractivity contribution in [1.82, 2.24) is 0 Å². The van der Waals surface area contributed by atoms with E-state index >= 15 is 0 Å². The third kappa shape index (κ3) is 4.75. The molecule has 19 heavy (non-hydrogen) atoms. The Hall–Kier alpha value is -1.22. The van der Waals surface area contributed by atoms with Crippen molar-refractivity contribution in [2.24, 2.45) is 5.92 Å². The molecule has 0 spiro atoms. The van der Waals surface area contributed by atoms with Crippen LogP contribution in [0.1, 0.15) is 64.7 Å². The summed E-state index contributed by atoms with van der Waals surface area (Å²) in [4.78, 5) is 0.